The Morgan fingerprint density at radius 1 is 1.12 bits per heavy atom. The molecule has 0 saturated heterocycles. The first kappa shape index (κ1) is 11.3. The number of benzene rings is 2. The zero-order chi connectivity index (χ0) is 12.3. The summed E-state index contributed by atoms with van der Waals surface area (Å²) in [6.07, 6.45) is 0. The lowest BCUT2D eigenvalue weighted by Gasteiger charge is -2.08. The number of esters is 1. The van der Waals surface area contributed by atoms with E-state index in [4.69, 9.17) is 0 Å². The summed E-state index contributed by atoms with van der Waals surface area (Å²) in [6, 6.07) is 13.2. The Labute approximate surface area is 98.7 Å². The third kappa shape index (κ3) is 2.33. The molecule has 0 aliphatic carbocycles. The van der Waals surface area contributed by atoms with Crippen LogP contribution in [0.4, 0.5) is 4.39 Å². The van der Waals surface area contributed by atoms with Crippen LogP contribution in [0.3, 0.4) is 0 Å². The van der Waals surface area contributed by atoms with E-state index in [9.17, 15) is 9.18 Å². The summed E-state index contributed by atoms with van der Waals surface area (Å²) in [7, 11) is 1.31. The lowest BCUT2D eigenvalue weighted by atomic mass is 9.99. The lowest BCUT2D eigenvalue weighted by molar-refractivity contribution is 0.0601. The Hall–Kier alpha value is -2.16. The second-order valence-electron chi connectivity index (χ2n) is 3.55. The zero-order valence-corrected chi connectivity index (χ0v) is 9.31. The fraction of sp³-hybridized carbons (Fsp3) is 0.0714. The molecule has 2 nitrogen and oxygen atoms in total. The highest BCUT2D eigenvalue weighted by atomic mass is 19.1. The van der Waals surface area contributed by atoms with Crippen molar-refractivity contribution in [2.75, 3.05) is 7.11 Å². The Kier molecular flexibility index (Phi) is 3.19. The predicted molar refractivity (Wildman–Crippen MR) is 63.2 cm³/mol. The Morgan fingerprint density at radius 3 is 2.47 bits per heavy atom. The molecule has 0 radical (unpaired) electrons. The fourth-order valence-corrected chi connectivity index (χ4v) is 1.66. The van der Waals surface area contributed by atoms with Gasteiger partial charge in [0.25, 0.3) is 0 Å². The molecule has 0 fully saturated rings. The summed E-state index contributed by atoms with van der Waals surface area (Å²) >= 11 is 0. The molecule has 0 heterocycles. The third-order valence-electron chi connectivity index (χ3n) is 2.47. The van der Waals surface area contributed by atoms with Crippen molar-refractivity contribution in [3.8, 4) is 11.1 Å². The van der Waals surface area contributed by atoms with Crippen LogP contribution in [0.2, 0.25) is 0 Å². The van der Waals surface area contributed by atoms with Gasteiger partial charge in [0.1, 0.15) is 5.82 Å². The van der Waals surface area contributed by atoms with E-state index < -0.39 is 5.97 Å². The van der Waals surface area contributed by atoms with Crippen LogP contribution in [0.25, 0.3) is 11.1 Å². The molecule has 0 saturated carbocycles. The monoisotopic (exact) mass is 230 g/mol. The average molecular weight is 230 g/mol. The maximum Gasteiger partial charge on any atom is 0.338 e. The number of hydrogen-bond donors (Lipinski definition) is 0. The molecule has 86 valence electrons. The molecule has 2 aromatic rings. The number of ether oxygens (including phenoxy) is 1. The second-order valence-corrected chi connectivity index (χ2v) is 3.55. The number of hydrogen-bond acceptors (Lipinski definition) is 2. The molecule has 17 heavy (non-hydrogen) atoms. The van der Waals surface area contributed by atoms with E-state index in [1.165, 1.54) is 25.3 Å². The maximum absolute atomic E-state index is 13.2. The maximum atomic E-state index is 13.2. The molecule has 2 rings (SSSR count). The summed E-state index contributed by atoms with van der Waals surface area (Å²) in [5.41, 5.74) is 1.69. The summed E-state index contributed by atoms with van der Waals surface area (Å²) < 4.78 is 17.9. The van der Waals surface area contributed by atoms with Crippen molar-refractivity contribution in [1.29, 1.82) is 0 Å². The van der Waals surface area contributed by atoms with Crippen LogP contribution in [0, 0.1) is 5.82 Å². The van der Waals surface area contributed by atoms with Crippen molar-refractivity contribution >= 4 is 5.97 Å². The smallest absolute Gasteiger partial charge is 0.338 e. The predicted octanol–water partition coefficient (Wildman–Crippen LogP) is 3.28. The highest BCUT2D eigenvalue weighted by molar-refractivity contribution is 5.97. The SMILES string of the molecule is COC(=O)c1ccc(F)cc1-c1ccccc1. The Morgan fingerprint density at radius 2 is 1.82 bits per heavy atom. The van der Waals surface area contributed by atoms with Crippen LogP contribution < -0.4 is 0 Å². The minimum absolute atomic E-state index is 0.361. The van der Waals surface area contributed by atoms with Gasteiger partial charge in [0.15, 0.2) is 0 Å². The third-order valence-corrected chi connectivity index (χ3v) is 2.47. The standard InChI is InChI=1S/C14H11FO2/c1-17-14(16)12-8-7-11(15)9-13(12)10-5-3-2-4-6-10/h2-9H,1H3. The minimum Gasteiger partial charge on any atom is -0.465 e. The average Bonchev–Trinajstić information content (AvgIpc) is 2.39. The molecule has 0 aliphatic heterocycles. The molecule has 0 amide bonds. The van der Waals surface area contributed by atoms with Gasteiger partial charge in [0.05, 0.1) is 12.7 Å². The van der Waals surface area contributed by atoms with Gasteiger partial charge in [-0.1, -0.05) is 30.3 Å². The van der Waals surface area contributed by atoms with Gasteiger partial charge in [-0.3, -0.25) is 0 Å². The van der Waals surface area contributed by atoms with Crippen molar-refractivity contribution in [2.45, 2.75) is 0 Å². The van der Waals surface area contributed by atoms with E-state index in [1.807, 2.05) is 30.3 Å². The van der Waals surface area contributed by atoms with E-state index in [1.54, 1.807) is 0 Å². The fourth-order valence-electron chi connectivity index (χ4n) is 1.66. The normalized spacial score (nSPS) is 10.0. The van der Waals surface area contributed by atoms with Gasteiger partial charge in [-0.2, -0.15) is 0 Å². The van der Waals surface area contributed by atoms with Gasteiger partial charge >= 0.3 is 5.97 Å². The topological polar surface area (TPSA) is 26.3 Å². The van der Waals surface area contributed by atoms with Crippen LogP contribution in [-0.2, 0) is 4.74 Å². The van der Waals surface area contributed by atoms with E-state index in [-0.39, 0.29) is 5.82 Å². The van der Waals surface area contributed by atoms with Crippen LogP contribution in [0.5, 0.6) is 0 Å². The van der Waals surface area contributed by atoms with Gasteiger partial charge < -0.3 is 4.74 Å². The quantitative estimate of drug-likeness (QED) is 0.740. The molecule has 0 N–H and O–H groups in total. The van der Waals surface area contributed by atoms with Gasteiger partial charge in [0.2, 0.25) is 0 Å². The van der Waals surface area contributed by atoms with E-state index >= 15 is 0 Å². The molecule has 0 aromatic heterocycles. The summed E-state index contributed by atoms with van der Waals surface area (Å²) in [5, 5.41) is 0. The highest BCUT2D eigenvalue weighted by Crippen LogP contribution is 2.25. The van der Waals surface area contributed by atoms with Gasteiger partial charge in [-0.25, -0.2) is 9.18 Å². The minimum atomic E-state index is -0.469. The largest absolute Gasteiger partial charge is 0.465 e. The number of carbonyl (C=O) groups is 1. The number of halogens is 1. The summed E-state index contributed by atoms with van der Waals surface area (Å²) in [4.78, 5) is 11.6. The van der Waals surface area contributed by atoms with Crippen LogP contribution in [0.15, 0.2) is 48.5 Å². The molecular weight excluding hydrogens is 219 g/mol. The molecule has 0 spiro atoms. The molecule has 0 aliphatic rings. The van der Waals surface area contributed by atoms with Gasteiger partial charge in [-0.15, -0.1) is 0 Å². The molecular formula is C14H11FO2. The number of carbonyl (C=O) groups excluding carboxylic acids is 1. The second kappa shape index (κ2) is 4.78. The van der Waals surface area contributed by atoms with Gasteiger partial charge in [-0.05, 0) is 29.3 Å². The summed E-state index contributed by atoms with van der Waals surface area (Å²) in [6.45, 7) is 0. The first-order valence-corrected chi connectivity index (χ1v) is 5.15. The van der Waals surface area contributed by atoms with Crippen molar-refractivity contribution in [1.82, 2.24) is 0 Å². The first-order chi connectivity index (χ1) is 8.22. The zero-order valence-electron chi connectivity index (χ0n) is 9.31. The molecule has 0 unspecified atom stereocenters. The summed E-state index contributed by atoms with van der Waals surface area (Å²) in [5.74, 6) is -0.847. The number of rotatable bonds is 2. The van der Waals surface area contributed by atoms with Crippen molar-refractivity contribution in [2.24, 2.45) is 0 Å². The van der Waals surface area contributed by atoms with Crippen LogP contribution >= 0.6 is 0 Å². The van der Waals surface area contributed by atoms with Gasteiger partial charge in [0, 0.05) is 0 Å². The Balaban J connectivity index is 2.59. The molecule has 3 heteroatoms. The highest BCUT2D eigenvalue weighted by Gasteiger charge is 2.13. The van der Waals surface area contributed by atoms with E-state index in [0.29, 0.717) is 11.1 Å². The molecule has 0 bridgehead atoms. The van der Waals surface area contributed by atoms with Crippen LogP contribution in [0.1, 0.15) is 10.4 Å². The van der Waals surface area contributed by atoms with Crippen LogP contribution in [-0.4, -0.2) is 13.1 Å². The van der Waals surface area contributed by atoms with Crippen molar-refractivity contribution < 1.29 is 13.9 Å². The van der Waals surface area contributed by atoms with E-state index in [2.05, 4.69) is 4.74 Å². The van der Waals surface area contributed by atoms with E-state index in [0.717, 1.165) is 5.56 Å². The van der Waals surface area contributed by atoms with Crippen molar-refractivity contribution in [3.63, 3.8) is 0 Å². The molecule has 0 atom stereocenters. The first-order valence-electron chi connectivity index (χ1n) is 5.15. The molecule has 2 aromatic carbocycles. The Bertz CT molecular complexity index is 535. The lowest BCUT2D eigenvalue weighted by Crippen LogP contribution is -2.03. The van der Waals surface area contributed by atoms with Crippen molar-refractivity contribution in [3.05, 3.63) is 59.9 Å². The number of methoxy groups -OCH3 is 1.